The highest BCUT2D eigenvalue weighted by Gasteiger charge is 2.18. The molecule has 0 aromatic rings. The highest BCUT2D eigenvalue weighted by atomic mass is 32.2. The molecule has 1 fully saturated rings. The van der Waals surface area contributed by atoms with E-state index in [1.165, 1.54) is 0 Å². The lowest BCUT2D eigenvalue weighted by Crippen LogP contribution is -2.36. The van der Waals surface area contributed by atoms with E-state index in [0.717, 1.165) is 31.9 Å². The van der Waals surface area contributed by atoms with Gasteiger partial charge in [-0.2, -0.15) is 0 Å². The number of amides is 1. The number of hydrogen-bond donors (Lipinski definition) is 1. The van der Waals surface area contributed by atoms with Crippen LogP contribution in [0.25, 0.3) is 0 Å². The Kier molecular flexibility index (Phi) is 3.30. The molecule has 0 aliphatic heterocycles. The minimum absolute atomic E-state index is 0.203. The molecule has 13 heavy (non-hydrogen) atoms. The minimum atomic E-state index is -3.18. The average molecular weight is 205 g/mol. The monoisotopic (exact) mass is 205 g/mol. The molecule has 0 aromatic carbocycles. The van der Waals surface area contributed by atoms with Crippen molar-refractivity contribution in [1.82, 2.24) is 5.32 Å². The van der Waals surface area contributed by atoms with Gasteiger partial charge in [0.05, 0.1) is 0 Å². The Hall–Kier alpha value is -0.580. The maximum Gasteiger partial charge on any atom is 0.235 e. The molecule has 1 saturated carbocycles. The fraction of sp³-hybridized carbons (Fsp3) is 0.875. The van der Waals surface area contributed by atoms with Crippen LogP contribution in [0.2, 0.25) is 0 Å². The van der Waals surface area contributed by atoms with Gasteiger partial charge >= 0.3 is 0 Å². The summed E-state index contributed by atoms with van der Waals surface area (Å²) >= 11 is 0. The molecule has 5 heteroatoms. The van der Waals surface area contributed by atoms with E-state index >= 15 is 0 Å². The number of sulfone groups is 1. The fourth-order valence-electron chi connectivity index (χ4n) is 1.58. The maximum atomic E-state index is 11.1. The molecule has 1 aliphatic rings. The van der Waals surface area contributed by atoms with Crippen LogP contribution in [0.4, 0.5) is 0 Å². The Morgan fingerprint density at radius 2 is 1.92 bits per heavy atom. The van der Waals surface area contributed by atoms with E-state index in [4.69, 9.17) is 0 Å². The van der Waals surface area contributed by atoms with Gasteiger partial charge in [0, 0.05) is 12.3 Å². The van der Waals surface area contributed by atoms with Crippen molar-refractivity contribution in [3.8, 4) is 0 Å². The highest BCUT2D eigenvalue weighted by Crippen LogP contribution is 2.17. The molecule has 1 rings (SSSR count). The van der Waals surface area contributed by atoms with Crippen molar-refractivity contribution in [3.05, 3.63) is 0 Å². The van der Waals surface area contributed by atoms with Crippen LogP contribution in [0, 0.1) is 0 Å². The summed E-state index contributed by atoms with van der Waals surface area (Å²) in [7, 11) is -3.18. The van der Waals surface area contributed by atoms with Crippen molar-refractivity contribution in [2.24, 2.45) is 0 Å². The summed E-state index contributed by atoms with van der Waals surface area (Å²) in [6, 6.07) is 0.203. The van der Waals surface area contributed by atoms with E-state index < -0.39 is 9.84 Å². The number of rotatable bonds is 3. The first-order chi connectivity index (χ1) is 5.97. The van der Waals surface area contributed by atoms with Crippen molar-refractivity contribution in [1.29, 1.82) is 0 Å². The summed E-state index contributed by atoms with van der Waals surface area (Å²) in [5.74, 6) is -0.752. The van der Waals surface area contributed by atoms with Gasteiger partial charge in [-0.25, -0.2) is 8.42 Å². The number of carbonyl (C=O) groups is 1. The van der Waals surface area contributed by atoms with Crippen molar-refractivity contribution in [3.63, 3.8) is 0 Å². The van der Waals surface area contributed by atoms with Gasteiger partial charge in [0.15, 0.2) is 9.84 Å². The molecule has 1 aliphatic carbocycles. The van der Waals surface area contributed by atoms with Gasteiger partial charge in [-0.15, -0.1) is 0 Å². The summed E-state index contributed by atoms with van der Waals surface area (Å²) in [4.78, 5) is 11.1. The third-order valence-electron chi connectivity index (χ3n) is 2.11. The quantitative estimate of drug-likeness (QED) is 0.710. The van der Waals surface area contributed by atoms with Crippen LogP contribution in [-0.4, -0.2) is 32.4 Å². The van der Waals surface area contributed by atoms with Crippen LogP contribution in [0.5, 0.6) is 0 Å². The Morgan fingerprint density at radius 1 is 1.38 bits per heavy atom. The van der Waals surface area contributed by atoms with Gasteiger partial charge in [0.2, 0.25) is 5.91 Å². The zero-order valence-corrected chi connectivity index (χ0v) is 8.56. The predicted octanol–water partition coefficient (Wildman–Crippen LogP) is 0.0898. The molecule has 0 radical (unpaired) electrons. The van der Waals surface area contributed by atoms with E-state index in [2.05, 4.69) is 5.32 Å². The van der Waals surface area contributed by atoms with Gasteiger partial charge in [-0.1, -0.05) is 12.8 Å². The highest BCUT2D eigenvalue weighted by molar-refractivity contribution is 7.91. The molecule has 0 spiro atoms. The van der Waals surface area contributed by atoms with E-state index in [1.807, 2.05) is 0 Å². The maximum absolute atomic E-state index is 11.1. The van der Waals surface area contributed by atoms with Crippen molar-refractivity contribution in [2.45, 2.75) is 31.7 Å². The summed E-state index contributed by atoms with van der Waals surface area (Å²) in [6.45, 7) is 0. The third-order valence-corrected chi connectivity index (χ3v) is 2.90. The number of hydrogen-bond acceptors (Lipinski definition) is 3. The molecule has 0 aromatic heterocycles. The Bertz CT molecular complexity index is 278. The molecule has 0 saturated heterocycles. The number of carbonyl (C=O) groups excluding carboxylic acids is 1. The molecular formula is C8H15NO3S. The zero-order valence-electron chi connectivity index (χ0n) is 7.75. The average Bonchev–Trinajstić information content (AvgIpc) is 2.34. The molecule has 0 unspecified atom stereocenters. The Balaban J connectivity index is 2.33. The first-order valence-corrected chi connectivity index (χ1v) is 6.50. The molecule has 1 amide bonds. The smallest absolute Gasteiger partial charge is 0.235 e. The lowest BCUT2D eigenvalue weighted by Gasteiger charge is -2.10. The third kappa shape index (κ3) is 4.26. The molecule has 0 bridgehead atoms. The molecule has 4 nitrogen and oxygen atoms in total. The van der Waals surface area contributed by atoms with Gasteiger partial charge < -0.3 is 5.32 Å². The molecule has 0 heterocycles. The van der Waals surface area contributed by atoms with Crippen LogP contribution in [0.3, 0.4) is 0 Å². The first kappa shape index (κ1) is 10.5. The van der Waals surface area contributed by atoms with Crippen molar-refractivity contribution in [2.75, 3.05) is 12.0 Å². The molecule has 0 atom stereocenters. The standard InChI is InChI=1S/C8H15NO3S/c1-13(11,12)6-8(10)9-7-4-2-3-5-7/h7H,2-6H2,1H3,(H,9,10). The van der Waals surface area contributed by atoms with Crippen LogP contribution >= 0.6 is 0 Å². The van der Waals surface area contributed by atoms with Crippen molar-refractivity contribution < 1.29 is 13.2 Å². The van der Waals surface area contributed by atoms with Crippen molar-refractivity contribution >= 4 is 15.7 Å². The van der Waals surface area contributed by atoms with E-state index in [9.17, 15) is 13.2 Å². The topological polar surface area (TPSA) is 63.2 Å². The molecular weight excluding hydrogens is 190 g/mol. The Labute approximate surface area is 78.6 Å². The van der Waals surface area contributed by atoms with Gasteiger partial charge in [0.25, 0.3) is 0 Å². The summed E-state index contributed by atoms with van der Waals surface area (Å²) < 4.78 is 21.5. The van der Waals surface area contributed by atoms with E-state index in [1.54, 1.807) is 0 Å². The van der Waals surface area contributed by atoms with Crippen LogP contribution in [-0.2, 0) is 14.6 Å². The van der Waals surface area contributed by atoms with Gasteiger partial charge in [-0.05, 0) is 12.8 Å². The predicted molar refractivity (Wildman–Crippen MR) is 50.1 cm³/mol. The van der Waals surface area contributed by atoms with E-state index in [0.29, 0.717) is 0 Å². The normalized spacial score (nSPS) is 18.8. The lowest BCUT2D eigenvalue weighted by atomic mass is 10.2. The number of nitrogens with one attached hydrogen (secondary N) is 1. The Morgan fingerprint density at radius 3 is 2.38 bits per heavy atom. The summed E-state index contributed by atoms with van der Waals surface area (Å²) in [6.07, 6.45) is 5.29. The second kappa shape index (κ2) is 4.09. The first-order valence-electron chi connectivity index (χ1n) is 4.44. The van der Waals surface area contributed by atoms with Crippen LogP contribution in [0.1, 0.15) is 25.7 Å². The van der Waals surface area contributed by atoms with Crippen LogP contribution in [0.15, 0.2) is 0 Å². The summed E-state index contributed by atoms with van der Waals surface area (Å²) in [5.41, 5.74) is 0. The lowest BCUT2D eigenvalue weighted by molar-refractivity contribution is -0.119. The van der Waals surface area contributed by atoms with E-state index in [-0.39, 0.29) is 17.7 Å². The van der Waals surface area contributed by atoms with Crippen LogP contribution < -0.4 is 5.32 Å². The minimum Gasteiger partial charge on any atom is -0.352 e. The SMILES string of the molecule is CS(=O)(=O)CC(=O)NC1CCCC1. The largest absolute Gasteiger partial charge is 0.352 e. The second-order valence-corrected chi connectivity index (χ2v) is 5.76. The fourth-order valence-corrected chi connectivity index (χ4v) is 2.14. The molecule has 76 valence electrons. The second-order valence-electron chi connectivity index (χ2n) is 3.62. The molecule has 1 N–H and O–H groups in total. The summed E-state index contributed by atoms with van der Waals surface area (Å²) in [5, 5.41) is 2.72. The zero-order chi connectivity index (χ0) is 9.90. The van der Waals surface area contributed by atoms with Gasteiger partial charge in [-0.3, -0.25) is 4.79 Å². The van der Waals surface area contributed by atoms with Gasteiger partial charge in [0.1, 0.15) is 5.75 Å².